The first kappa shape index (κ1) is 28.7. The molecule has 40 heavy (non-hydrogen) atoms. The third-order valence-electron chi connectivity index (χ3n) is 6.37. The summed E-state index contributed by atoms with van der Waals surface area (Å²) in [4.78, 5) is 34.7. The Balaban J connectivity index is 1.70. The summed E-state index contributed by atoms with van der Waals surface area (Å²) in [5.41, 5.74) is -1.57. The fourth-order valence-electron chi connectivity index (χ4n) is 4.46. The summed E-state index contributed by atoms with van der Waals surface area (Å²) in [7, 11) is 1.13. The summed E-state index contributed by atoms with van der Waals surface area (Å²) in [6, 6.07) is 10.3. The van der Waals surface area contributed by atoms with Crippen molar-refractivity contribution in [3.8, 4) is 0 Å². The van der Waals surface area contributed by atoms with Crippen molar-refractivity contribution >= 4 is 28.5 Å². The normalized spacial score (nSPS) is 12.8. The Labute approximate surface area is 224 Å². The standard InChI is InChI=1S/C28H23F6N3O3/c1-40-26(39)37(21-5-4-10-35-16-21)24(13-18-15-36-23-7-3-2-6-22(18)23)25(38)9-8-17-11-19(27(29,30)31)14-20(12-17)28(32,33)34/h2-7,10-12,14-16,24,36H,8-9,13H2,1H3. The van der Waals surface area contributed by atoms with Crippen molar-refractivity contribution in [2.45, 2.75) is 37.7 Å². The van der Waals surface area contributed by atoms with Gasteiger partial charge in [-0.15, -0.1) is 0 Å². The zero-order valence-electron chi connectivity index (χ0n) is 21.0. The van der Waals surface area contributed by atoms with E-state index < -0.39 is 54.2 Å². The molecule has 0 radical (unpaired) electrons. The molecular weight excluding hydrogens is 540 g/mol. The Bertz CT molecular complexity index is 1470. The van der Waals surface area contributed by atoms with Gasteiger partial charge >= 0.3 is 18.4 Å². The molecule has 4 aromatic rings. The second kappa shape index (κ2) is 11.4. The van der Waals surface area contributed by atoms with Crippen molar-refractivity contribution in [3.05, 3.63) is 95.4 Å². The van der Waals surface area contributed by atoms with Gasteiger partial charge in [-0.3, -0.25) is 14.7 Å². The van der Waals surface area contributed by atoms with Crippen LogP contribution in [0.3, 0.4) is 0 Å². The molecule has 0 spiro atoms. The minimum Gasteiger partial charge on any atom is -0.452 e. The van der Waals surface area contributed by atoms with Crippen molar-refractivity contribution in [3.63, 3.8) is 0 Å². The molecule has 0 aliphatic rings. The summed E-state index contributed by atoms with van der Waals surface area (Å²) in [6.45, 7) is 0. The lowest BCUT2D eigenvalue weighted by Gasteiger charge is -2.29. The smallest absolute Gasteiger partial charge is 0.416 e. The molecule has 6 nitrogen and oxygen atoms in total. The number of anilines is 1. The first-order chi connectivity index (χ1) is 18.9. The predicted octanol–water partition coefficient (Wildman–Crippen LogP) is 6.99. The molecule has 210 valence electrons. The Morgan fingerprint density at radius 3 is 2.25 bits per heavy atom. The molecular formula is C28H23F6N3O3. The van der Waals surface area contributed by atoms with Crippen LogP contribution in [0.1, 0.15) is 28.7 Å². The lowest BCUT2D eigenvalue weighted by atomic mass is 9.94. The van der Waals surface area contributed by atoms with Crippen LogP contribution in [0, 0.1) is 0 Å². The molecule has 1 amide bonds. The molecule has 0 aliphatic heterocycles. The average Bonchev–Trinajstić information content (AvgIpc) is 3.33. The lowest BCUT2D eigenvalue weighted by Crippen LogP contribution is -2.47. The van der Waals surface area contributed by atoms with Gasteiger partial charge in [-0.1, -0.05) is 18.2 Å². The highest BCUT2D eigenvalue weighted by Crippen LogP contribution is 2.36. The van der Waals surface area contributed by atoms with Crippen LogP contribution in [0.15, 0.2) is 73.2 Å². The topological polar surface area (TPSA) is 75.3 Å². The number of H-pyrrole nitrogens is 1. The van der Waals surface area contributed by atoms with E-state index in [2.05, 4.69) is 9.97 Å². The molecule has 12 heteroatoms. The van der Waals surface area contributed by atoms with Gasteiger partial charge in [0.25, 0.3) is 0 Å². The summed E-state index contributed by atoms with van der Waals surface area (Å²) in [6.07, 6.45) is -7.31. The SMILES string of the molecule is COC(=O)N(c1cccnc1)C(Cc1c[nH]c2ccccc12)C(=O)CCc1cc(C(F)(F)F)cc(C(F)(F)F)c1. The van der Waals surface area contributed by atoms with E-state index in [1.807, 2.05) is 18.2 Å². The highest BCUT2D eigenvalue weighted by molar-refractivity contribution is 5.99. The number of rotatable bonds is 8. The molecule has 0 saturated heterocycles. The third-order valence-corrected chi connectivity index (χ3v) is 6.37. The minimum atomic E-state index is -5.01. The summed E-state index contributed by atoms with van der Waals surface area (Å²) in [5.74, 6) is -0.592. The first-order valence-corrected chi connectivity index (χ1v) is 12.0. The molecule has 2 aromatic carbocycles. The van der Waals surface area contributed by atoms with Crippen LogP contribution in [0.25, 0.3) is 10.9 Å². The number of fused-ring (bicyclic) bond motifs is 1. The second-order valence-electron chi connectivity index (χ2n) is 9.01. The molecule has 1 unspecified atom stereocenters. The summed E-state index contributed by atoms with van der Waals surface area (Å²) in [5, 5.41) is 0.781. The number of aromatic nitrogens is 2. The van der Waals surface area contributed by atoms with Crippen LogP contribution < -0.4 is 4.90 Å². The number of halogens is 6. The van der Waals surface area contributed by atoms with Crippen molar-refractivity contribution in [1.82, 2.24) is 9.97 Å². The van der Waals surface area contributed by atoms with Crippen LogP contribution in [-0.4, -0.2) is 35.0 Å². The number of hydrogen-bond acceptors (Lipinski definition) is 4. The quantitative estimate of drug-likeness (QED) is 0.235. The number of carbonyl (C=O) groups is 2. The Morgan fingerprint density at radius 1 is 0.975 bits per heavy atom. The highest BCUT2D eigenvalue weighted by Gasteiger charge is 2.37. The summed E-state index contributed by atoms with van der Waals surface area (Å²) < 4.78 is 84.9. The second-order valence-corrected chi connectivity index (χ2v) is 9.01. The number of ether oxygens (including phenoxy) is 1. The Hall–Kier alpha value is -4.35. The van der Waals surface area contributed by atoms with Gasteiger partial charge in [0, 0.05) is 36.1 Å². The van der Waals surface area contributed by atoms with Crippen molar-refractivity contribution < 1.29 is 40.7 Å². The van der Waals surface area contributed by atoms with Crippen LogP contribution in [0.4, 0.5) is 36.8 Å². The Morgan fingerprint density at radius 2 is 1.65 bits per heavy atom. The predicted molar refractivity (Wildman–Crippen MR) is 135 cm³/mol. The van der Waals surface area contributed by atoms with E-state index >= 15 is 0 Å². The largest absolute Gasteiger partial charge is 0.452 e. The van der Waals surface area contributed by atoms with E-state index in [1.54, 1.807) is 18.3 Å². The van der Waals surface area contributed by atoms with Crippen molar-refractivity contribution in [2.75, 3.05) is 12.0 Å². The number of amides is 1. The van der Waals surface area contributed by atoms with Crippen LogP contribution in [-0.2, 0) is 34.7 Å². The molecule has 2 heterocycles. The fraction of sp³-hybridized carbons (Fsp3) is 0.250. The van der Waals surface area contributed by atoms with Crippen molar-refractivity contribution in [2.24, 2.45) is 0 Å². The van der Waals surface area contributed by atoms with Gasteiger partial charge in [-0.25, -0.2) is 4.79 Å². The van der Waals surface area contributed by atoms with Gasteiger partial charge in [0.15, 0.2) is 5.78 Å². The number of para-hydroxylation sites is 1. The van der Waals surface area contributed by atoms with E-state index in [1.165, 1.54) is 18.5 Å². The average molecular weight is 563 g/mol. The number of nitrogens with zero attached hydrogens (tertiary/aromatic N) is 2. The van der Waals surface area contributed by atoms with E-state index in [-0.39, 0.29) is 23.7 Å². The van der Waals surface area contributed by atoms with E-state index in [0.29, 0.717) is 17.7 Å². The van der Waals surface area contributed by atoms with Crippen LogP contribution in [0.2, 0.25) is 0 Å². The highest BCUT2D eigenvalue weighted by atomic mass is 19.4. The number of hydrogen-bond donors (Lipinski definition) is 1. The number of carbonyl (C=O) groups excluding carboxylic acids is 2. The monoisotopic (exact) mass is 563 g/mol. The van der Waals surface area contributed by atoms with Gasteiger partial charge in [0.1, 0.15) is 6.04 Å². The number of methoxy groups -OCH3 is 1. The maximum atomic E-state index is 13.7. The summed E-state index contributed by atoms with van der Waals surface area (Å²) >= 11 is 0. The molecule has 0 saturated carbocycles. The number of ketones is 1. The molecule has 1 atom stereocenters. The molecule has 2 aromatic heterocycles. The van der Waals surface area contributed by atoms with Gasteiger partial charge in [-0.05, 0) is 53.9 Å². The minimum absolute atomic E-state index is 0.0107. The van der Waals surface area contributed by atoms with Gasteiger partial charge in [0.05, 0.1) is 30.1 Å². The number of nitrogens with one attached hydrogen (secondary N) is 1. The number of Topliss-reactive ketones (excluding diaryl/α,β-unsaturated/α-hetero) is 1. The van der Waals surface area contributed by atoms with Crippen LogP contribution >= 0.6 is 0 Å². The molecule has 0 fully saturated rings. The lowest BCUT2D eigenvalue weighted by molar-refractivity contribution is -0.143. The molecule has 4 rings (SSSR count). The zero-order chi connectivity index (χ0) is 29.1. The van der Waals surface area contributed by atoms with Gasteiger partial charge in [0.2, 0.25) is 0 Å². The Kier molecular flexibility index (Phi) is 8.17. The number of pyridine rings is 1. The number of alkyl halides is 6. The van der Waals surface area contributed by atoms with E-state index in [4.69, 9.17) is 4.74 Å². The van der Waals surface area contributed by atoms with E-state index in [9.17, 15) is 35.9 Å². The first-order valence-electron chi connectivity index (χ1n) is 12.0. The fourth-order valence-corrected chi connectivity index (χ4v) is 4.46. The maximum absolute atomic E-state index is 13.7. The molecule has 1 N–H and O–H groups in total. The number of benzene rings is 2. The maximum Gasteiger partial charge on any atom is 0.416 e. The van der Waals surface area contributed by atoms with Gasteiger partial charge in [-0.2, -0.15) is 26.3 Å². The molecule has 0 bridgehead atoms. The van der Waals surface area contributed by atoms with Crippen LogP contribution in [0.5, 0.6) is 0 Å². The van der Waals surface area contributed by atoms with Gasteiger partial charge < -0.3 is 9.72 Å². The van der Waals surface area contributed by atoms with E-state index in [0.717, 1.165) is 22.9 Å². The number of aryl methyl sites for hydroxylation is 1. The van der Waals surface area contributed by atoms with Crippen molar-refractivity contribution in [1.29, 1.82) is 0 Å². The zero-order valence-corrected chi connectivity index (χ0v) is 21.0. The number of aromatic amines is 1. The molecule has 0 aliphatic carbocycles. The third kappa shape index (κ3) is 6.44.